The molecule has 4 N–H and O–H groups in total. The van der Waals surface area contributed by atoms with Gasteiger partial charge in [0.2, 0.25) is 11.5 Å². The fourth-order valence-electron chi connectivity index (χ4n) is 4.80. The molecule has 2 aliphatic rings. The Hall–Kier alpha value is -5.08. The molecule has 3 amide bonds. The minimum atomic E-state index is -4.50. The number of halogens is 1. The fourth-order valence-corrected chi connectivity index (χ4v) is 7.37. The topological polar surface area (TPSA) is 234 Å². The van der Waals surface area contributed by atoms with Crippen LogP contribution in [0.4, 0.5) is 10.5 Å². The van der Waals surface area contributed by atoms with E-state index in [2.05, 4.69) is 5.32 Å². The molecule has 0 atom stereocenters. The Balaban J connectivity index is 1.65. The van der Waals surface area contributed by atoms with Gasteiger partial charge in [0.15, 0.2) is 5.42 Å². The maximum atomic E-state index is 13.4. The number of nitrogens with zero attached hydrogens (tertiary/aromatic N) is 3. The van der Waals surface area contributed by atoms with Crippen LogP contribution in [-0.2, 0) is 35.8 Å². The number of carboxylic acids is 2. The number of amides is 3. The lowest BCUT2D eigenvalue weighted by Crippen LogP contribution is -2.37. The predicted octanol–water partition coefficient (Wildman–Crippen LogP) is 1.66. The van der Waals surface area contributed by atoms with Crippen LogP contribution in [0, 0.1) is 6.92 Å². The number of carboxylic acid groups (broad SMARTS) is 2. The second-order valence-corrected chi connectivity index (χ2v) is 14.6. The Kier molecular flexibility index (Phi) is 11.0. The van der Waals surface area contributed by atoms with Crippen LogP contribution in [-0.4, -0.2) is 80.6 Å². The SMILES string of the molecule is Cc1cc2c(cc1Cl)N(CC(=O)NCS(=O)(=O)O)C(=CC(=CC=c1o/c(=C3/SC(=O)N(CC(=O)O)C3=O)n(CC(=O)O)c1=O)c1ccccc1)S2. The molecule has 266 valence electrons. The summed E-state index contributed by atoms with van der Waals surface area (Å²) in [6, 6.07) is 12.2. The summed E-state index contributed by atoms with van der Waals surface area (Å²) >= 11 is 7.96. The van der Waals surface area contributed by atoms with Crippen molar-refractivity contribution in [2.24, 2.45) is 0 Å². The summed E-state index contributed by atoms with van der Waals surface area (Å²) < 4.78 is 37.9. The predicted molar refractivity (Wildman–Crippen MR) is 187 cm³/mol. The van der Waals surface area contributed by atoms with E-state index in [9.17, 15) is 42.3 Å². The van der Waals surface area contributed by atoms with E-state index >= 15 is 0 Å². The van der Waals surface area contributed by atoms with Crippen molar-refractivity contribution in [3.8, 4) is 0 Å². The minimum Gasteiger partial charge on any atom is -0.480 e. The van der Waals surface area contributed by atoms with Gasteiger partial charge in [-0.25, -0.2) is 0 Å². The van der Waals surface area contributed by atoms with Gasteiger partial charge in [-0.1, -0.05) is 59.8 Å². The minimum absolute atomic E-state index is 0.296. The first-order chi connectivity index (χ1) is 24.0. The number of allylic oxidation sites excluding steroid dienone is 3. The van der Waals surface area contributed by atoms with Crippen molar-refractivity contribution in [1.82, 2.24) is 14.8 Å². The molecule has 3 aromatic rings. The molecule has 2 aromatic carbocycles. The first-order valence-corrected chi connectivity index (χ1v) is 18.0. The van der Waals surface area contributed by atoms with Crippen molar-refractivity contribution in [1.29, 1.82) is 0 Å². The first-order valence-electron chi connectivity index (χ1n) is 14.4. The molecule has 5 rings (SSSR count). The second-order valence-electron chi connectivity index (χ2n) is 10.8. The standard InChI is InChI=1S/C31H25ClN4O12S3/c1-16-9-22-20(11-19(16)32)34(12-23(37)33-15-51(45,46)47)24(49-22)10-18(17-5-3-2-4-6-17)7-8-21-28(42)35(13-25(38)39)30(48-21)27-29(43)36(14-26(40)41)31(44)50-27/h2-11H,12-15H2,1H3,(H,33,37)(H,38,39)(H,40,41)(H,45,46,47)/b18-7?,21-8?,24-10?,30-27+. The molecule has 51 heavy (non-hydrogen) atoms. The van der Waals surface area contributed by atoms with Crippen LogP contribution in [0.2, 0.25) is 5.02 Å². The average Bonchev–Trinajstić information content (AvgIpc) is 3.64. The van der Waals surface area contributed by atoms with E-state index in [4.69, 9.17) is 25.7 Å². The zero-order chi connectivity index (χ0) is 37.2. The lowest BCUT2D eigenvalue weighted by Gasteiger charge is -2.20. The number of anilines is 1. The third kappa shape index (κ3) is 8.63. The van der Waals surface area contributed by atoms with Gasteiger partial charge in [0, 0.05) is 9.92 Å². The van der Waals surface area contributed by atoms with Crippen molar-refractivity contribution < 1.29 is 51.6 Å². The number of nitrogens with one attached hydrogen (secondary N) is 1. The molecule has 1 aromatic heterocycles. The normalized spacial score (nSPS) is 17.0. The molecule has 0 radical (unpaired) electrons. The highest BCUT2D eigenvalue weighted by atomic mass is 35.5. The number of imide groups is 1. The van der Waals surface area contributed by atoms with Gasteiger partial charge < -0.3 is 24.8 Å². The summed E-state index contributed by atoms with van der Waals surface area (Å²) in [6.45, 7) is -0.485. The zero-order valence-electron chi connectivity index (χ0n) is 26.1. The molecule has 1 saturated heterocycles. The molecule has 20 heteroatoms. The molecular weight excluding hydrogens is 752 g/mol. The van der Waals surface area contributed by atoms with E-state index in [0.29, 0.717) is 48.1 Å². The van der Waals surface area contributed by atoms with Crippen molar-refractivity contribution >= 4 is 96.5 Å². The van der Waals surface area contributed by atoms with Gasteiger partial charge in [-0.3, -0.25) is 42.8 Å². The van der Waals surface area contributed by atoms with Crippen molar-refractivity contribution in [2.75, 3.05) is 23.9 Å². The second kappa shape index (κ2) is 15.0. The number of carbonyl (C=O) groups excluding carboxylic acids is 3. The number of aryl methyl sites for hydroxylation is 1. The van der Waals surface area contributed by atoms with Gasteiger partial charge in [0.05, 0.1) is 10.7 Å². The molecule has 2 aliphatic heterocycles. The van der Waals surface area contributed by atoms with Gasteiger partial charge in [0.25, 0.3) is 26.8 Å². The Morgan fingerprint density at radius 3 is 2.31 bits per heavy atom. The van der Waals surface area contributed by atoms with Crippen molar-refractivity contribution in [3.63, 3.8) is 0 Å². The number of hydrogen-bond donors (Lipinski definition) is 4. The van der Waals surface area contributed by atoms with Crippen LogP contribution < -0.4 is 26.7 Å². The molecule has 3 heterocycles. The summed E-state index contributed by atoms with van der Waals surface area (Å²) in [7, 11) is -4.50. The summed E-state index contributed by atoms with van der Waals surface area (Å²) in [5.41, 5.74) is 0.423. The lowest BCUT2D eigenvalue weighted by atomic mass is 10.1. The van der Waals surface area contributed by atoms with Crippen LogP contribution >= 0.6 is 35.1 Å². The third-order valence-corrected chi connectivity index (χ3v) is 10.1. The highest BCUT2D eigenvalue weighted by molar-refractivity contribution is 8.22. The number of hydrogen-bond acceptors (Lipinski definition) is 12. The molecule has 0 bridgehead atoms. The van der Waals surface area contributed by atoms with Gasteiger partial charge in [0.1, 0.15) is 30.4 Å². The van der Waals surface area contributed by atoms with E-state index < -0.39 is 79.5 Å². The summed E-state index contributed by atoms with van der Waals surface area (Å²) in [5, 5.41) is 20.6. The van der Waals surface area contributed by atoms with Gasteiger partial charge in [-0.2, -0.15) is 8.42 Å². The number of aromatic nitrogens is 1. The largest absolute Gasteiger partial charge is 0.480 e. The molecule has 0 spiro atoms. The zero-order valence-corrected chi connectivity index (χ0v) is 29.3. The lowest BCUT2D eigenvalue weighted by molar-refractivity contribution is -0.140. The van der Waals surface area contributed by atoms with E-state index in [1.165, 1.54) is 23.9 Å². The third-order valence-electron chi connectivity index (χ3n) is 7.10. The van der Waals surface area contributed by atoms with E-state index in [1.807, 2.05) is 6.07 Å². The number of carbonyl (C=O) groups is 5. The Morgan fingerprint density at radius 2 is 1.67 bits per heavy atom. The Labute approximate surface area is 301 Å². The van der Waals surface area contributed by atoms with Crippen molar-refractivity contribution in [3.05, 3.63) is 97.1 Å². The number of oxazole rings is 1. The average molecular weight is 777 g/mol. The maximum absolute atomic E-state index is 13.4. The van der Waals surface area contributed by atoms with Crippen LogP contribution in [0.1, 0.15) is 11.1 Å². The number of thioether (sulfide) groups is 2. The van der Waals surface area contributed by atoms with Crippen LogP contribution in [0.3, 0.4) is 0 Å². The summed E-state index contributed by atoms with van der Waals surface area (Å²) in [5.74, 6) is -5.75. The molecular formula is C31H25ClN4O12S3. The Bertz CT molecular complexity index is 2350. The molecule has 16 nitrogen and oxygen atoms in total. The molecule has 0 saturated carbocycles. The number of aliphatic carboxylic acids is 2. The van der Waals surface area contributed by atoms with E-state index in [-0.39, 0.29) is 6.54 Å². The summed E-state index contributed by atoms with van der Waals surface area (Å²) in [6.07, 6.45) is 4.36. The van der Waals surface area contributed by atoms with Crippen LogP contribution in [0.25, 0.3) is 16.6 Å². The highest BCUT2D eigenvalue weighted by Gasteiger charge is 2.39. The van der Waals surface area contributed by atoms with Gasteiger partial charge in [-0.05, 0) is 59.7 Å². The monoisotopic (exact) mass is 776 g/mol. The molecule has 0 unspecified atom stereocenters. The number of fused-ring (bicyclic) bond motifs is 1. The quantitative estimate of drug-likeness (QED) is 0.203. The smallest absolute Gasteiger partial charge is 0.323 e. The van der Waals surface area contributed by atoms with E-state index in [1.54, 1.807) is 54.3 Å². The molecule has 0 aliphatic carbocycles. The van der Waals surface area contributed by atoms with Gasteiger partial charge in [-0.15, -0.1) is 0 Å². The van der Waals surface area contributed by atoms with Crippen molar-refractivity contribution in [2.45, 2.75) is 18.4 Å². The van der Waals surface area contributed by atoms with Crippen LogP contribution in [0.5, 0.6) is 0 Å². The highest BCUT2D eigenvalue weighted by Crippen LogP contribution is 2.48. The Morgan fingerprint density at radius 1 is 0.980 bits per heavy atom. The first kappa shape index (κ1) is 37.2. The number of benzene rings is 2. The number of rotatable bonds is 11. The summed E-state index contributed by atoms with van der Waals surface area (Å²) in [4.78, 5) is 76.6. The van der Waals surface area contributed by atoms with E-state index in [0.717, 1.165) is 10.5 Å². The fraction of sp³-hybridized carbons (Fsp3) is 0.161. The molecule has 1 fully saturated rings. The maximum Gasteiger partial charge on any atom is 0.323 e. The van der Waals surface area contributed by atoms with Crippen LogP contribution in [0.15, 0.2) is 73.8 Å². The van der Waals surface area contributed by atoms with Gasteiger partial charge >= 0.3 is 11.9 Å².